The molecule has 1 aliphatic rings. The molecule has 0 aliphatic carbocycles. The van der Waals surface area contributed by atoms with Crippen molar-refractivity contribution in [2.24, 2.45) is 0 Å². The number of nitrogens with zero attached hydrogens (tertiary/aromatic N) is 2. The third-order valence-electron chi connectivity index (χ3n) is 5.51. The highest BCUT2D eigenvalue weighted by Gasteiger charge is 2.31. The van der Waals surface area contributed by atoms with Gasteiger partial charge in [0.05, 0.1) is 33.5 Å². The monoisotopic (exact) mass is 464 g/mol. The molecule has 2 N–H and O–H groups in total. The Kier molecular flexibility index (Phi) is 4.94. The molecule has 8 nitrogen and oxygen atoms in total. The molecule has 0 fully saturated rings. The Balaban J connectivity index is 1.46. The summed E-state index contributed by atoms with van der Waals surface area (Å²) in [7, 11) is -3.90. The number of anilines is 2. The van der Waals surface area contributed by atoms with Gasteiger partial charge in [0.2, 0.25) is 0 Å². The van der Waals surface area contributed by atoms with E-state index in [0.29, 0.717) is 18.7 Å². The Bertz CT molecular complexity index is 1580. The van der Waals surface area contributed by atoms with Gasteiger partial charge in [-0.3, -0.25) is 13.9 Å². The van der Waals surface area contributed by atoms with Gasteiger partial charge >= 0.3 is 0 Å². The first-order valence-electron chi connectivity index (χ1n) is 10.0. The first-order valence-corrected chi connectivity index (χ1v) is 11.5. The van der Waals surface area contributed by atoms with E-state index in [1.54, 1.807) is 12.1 Å². The molecule has 1 aromatic heterocycles. The molecule has 0 saturated heterocycles. The molecule has 0 radical (unpaired) electrons. The Morgan fingerprint density at radius 1 is 1.09 bits per heavy atom. The third-order valence-corrected chi connectivity index (χ3v) is 7.32. The van der Waals surface area contributed by atoms with E-state index in [0.717, 1.165) is 18.0 Å². The van der Waals surface area contributed by atoms with Gasteiger partial charge in [0.25, 0.3) is 21.5 Å². The van der Waals surface area contributed by atoms with Crippen LogP contribution in [0.15, 0.2) is 76.7 Å². The number of para-hydroxylation sites is 1. The number of aromatic amines is 1. The number of sulfonamides is 1. The number of carbonyl (C=O) groups excluding carboxylic acids is 1. The Hall–Kier alpha value is -4.05. The van der Waals surface area contributed by atoms with Crippen LogP contribution in [0, 0.1) is 5.82 Å². The predicted molar refractivity (Wildman–Crippen MR) is 121 cm³/mol. The summed E-state index contributed by atoms with van der Waals surface area (Å²) in [6, 6.07) is 15.0. The minimum absolute atomic E-state index is 0.0307. The van der Waals surface area contributed by atoms with Gasteiger partial charge in [0, 0.05) is 18.2 Å². The van der Waals surface area contributed by atoms with Crippen LogP contribution in [0.25, 0.3) is 10.9 Å². The summed E-state index contributed by atoms with van der Waals surface area (Å²) in [5.74, 6) is -1.49. The SMILES string of the molecule is O=C(Nc1cc2c(=O)[nH]cnc2cc1F)c1cccc(S(=O)(=O)N2CCc3ccccc32)c1. The van der Waals surface area contributed by atoms with E-state index in [1.165, 1.54) is 34.6 Å². The lowest BCUT2D eigenvalue weighted by molar-refractivity contribution is 0.102. The highest BCUT2D eigenvalue weighted by molar-refractivity contribution is 7.92. The molecule has 33 heavy (non-hydrogen) atoms. The van der Waals surface area contributed by atoms with Crippen LogP contribution in [0.3, 0.4) is 0 Å². The van der Waals surface area contributed by atoms with Crippen LogP contribution in [0.2, 0.25) is 0 Å². The van der Waals surface area contributed by atoms with Crippen LogP contribution >= 0.6 is 0 Å². The summed E-state index contributed by atoms with van der Waals surface area (Å²) in [5.41, 5.74) is 1.04. The van der Waals surface area contributed by atoms with Crippen LogP contribution in [-0.4, -0.2) is 30.8 Å². The van der Waals surface area contributed by atoms with Gasteiger partial charge in [-0.1, -0.05) is 24.3 Å². The van der Waals surface area contributed by atoms with E-state index >= 15 is 0 Å². The number of benzene rings is 3. The molecule has 0 spiro atoms. The predicted octanol–water partition coefficient (Wildman–Crippen LogP) is 3.07. The number of hydrogen-bond donors (Lipinski definition) is 2. The molecule has 2 heterocycles. The van der Waals surface area contributed by atoms with Crippen LogP contribution < -0.4 is 15.2 Å². The number of H-pyrrole nitrogens is 1. The number of carbonyl (C=O) groups is 1. The number of aromatic nitrogens is 2. The standard InChI is InChI=1S/C23H17FN4O4S/c24-18-12-19-17(23(30)26-13-25-19)11-20(18)27-22(29)15-5-3-6-16(10-15)33(31,32)28-9-8-14-4-1-2-7-21(14)28/h1-7,10-13H,8-9H2,(H,27,29)(H,25,26,30). The number of rotatable bonds is 4. The average Bonchev–Trinajstić information content (AvgIpc) is 3.25. The second kappa shape index (κ2) is 7.82. The van der Waals surface area contributed by atoms with Crippen molar-refractivity contribution in [1.82, 2.24) is 9.97 Å². The van der Waals surface area contributed by atoms with Gasteiger partial charge < -0.3 is 10.3 Å². The lowest BCUT2D eigenvalue weighted by Gasteiger charge is -2.20. The summed E-state index contributed by atoms with van der Waals surface area (Å²) < 4.78 is 42.3. The number of halogens is 1. The van der Waals surface area contributed by atoms with E-state index in [2.05, 4.69) is 15.3 Å². The molecule has 0 unspecified atom stereocenters. The molecule has 5 rings (SSSR count). The third kappa shape index (κ3) is 3.64. The van der Waals surface area contributed by atoms with Crippen molar-refractivity contribution in [3.63, 3.8) is 0 Å². The fraction of sp³-hybridized carbons (Fsp3) is 0.0870. The van der Waals surface area contributed by atoms with Gasteiger partial charge in [0.15, 0.2) is 0 Å². The molecule has 1 aliphatic heterocycles. The highest BCUT2D eigenvalue weighted by atomic mass is 32.2. The molecule has 166 valence electrons. The van der Waals surface area contributed by atoms with Crippen molar-refractivity contribution in [3.05, 3.63) is 94.3 Å². The summed E-state index contributed by atoms with van der Waals surface area (Å²) in [5, 5.41) is 2.52. The van der Waals surface area contributed by atoms with Crippen LogP contribution in [-0.2, 0) is 16.4 Å². The van der Waals surface area contributed by atoms with Crippen molar-refractivity contribution in [1.29, 1.82) is 0 Å². The summed E-state index contributed by atoms with van der Waals surface area (Å²) in [6.45, 7) is 0.309. The van der Waals surface area contributed by atoms with Crippen LogP contribution in [0.1, 0.15) is 15.9 Å². The van der Waals surface area contributed by atoms with Gasteiger partial charge in [-0.25, -0.2) is 17.8 Å². The smallest absolute Gasteiger partial charge is 0.264 e. The van der Waals surface area contributed by atoms with Crippen molar-refractivity contribution in [3.8, 4) is 0 Å². The first-order chi connectivity index (χ1) is 15.8. The van der Waals surface area contributed by atoms with Crippen molar-refractivity contribution < 1.29 is 17.6 Å². The number of nitrogens with one attached hydrogen (secondary N) is 2. The van der Waals surface area contributed by atoms with E-state index in [-0.39, 0.29) is 27.0 Å². The number of hydrogen-bond acceptors (Lipinski definition) is 5. The van der Waals surface area contributed by atoms with Crippen LogP contribution in [0.5, 0.6) is 0 Å². The fourth-order valence-corrected chi connectivity index (χ4v) is 5.41. The molecule has 0 atom stereocenters. The molecular formula is C23H17FN4O4S. The molecule has 10 heteroatoms. The Labute approximate surface area is 187 Å². The first kappa shape index (κ1) is 20.8. The van der Waals surface area contributed by atoms with E-state index in [1.807, 2.05) is 12.1 Å². The molecular weight excluding hydrogens is 447 g/mol. The van der Waals surface area contributed by atoms with Crippen LogP contribution in [0.4, 0.5) is 15.8 Å². The van der Waals surface area contributed by atoms with E-state index in [4.69, 9.17) is 0 Å². The van der Waals surface area contributed by atoms with E-state index < -0.39 is 27.3 Å². The average molecular weight is 464 g/mol. The number of amides is 1. The molecule has 4 aromatic rings. The topological polar surface area (TPSA) is 112 Å². The molecule has 0 bridgehead atoms. The normalized spacial score (nSPS) is 13.2. The fourth-order valence-electron chi connectivity index (χ4n) is 3.86. The maximum atomic E-state index is 14.5. The van der Waals surface area contributed by atoms with Gasteiger partial charge in [0.1, 0.15) is 5.82 Å². The summed E-state index contributed by atoms with van der Waals surface area (Å²) in [4.78, 5) is 31.0. The van der Waals surface area contributed by atoms with Gasteiger partial charge in [-0.2, -0.15) is 0 Å². The lowest BCUT2D eigenvalue weighted by Crippen LogP contribution is -2.29. The zero-order valence-corrected chi connectivity index (χ0v) is 17.9. The molecule has 3 aromatic carbocycles. The number of fused-ring (bicyclic) bond motifs is 2. The zero-order valence-electron chi connectivity index (χ0n) is 17.1. The largest absolute Gasteiger partial charge is 0.319 e. The second-order valence-electron chi connectivity index (χ2n) is 7.52. The maximum Gasteiger partial charge on any atom is 0.264 e. The highest BCUT2D eigenvalue weighted by Crippen LogP contribution is 2.33. The second-order valence-corrected chi connectivity index (χ2v) is 9.38. The van der Waals surface area contributed by atoms with Crippen molar-refractivity contribution in [2.45, 2.75) is 11.3 Å². The quantitative estimate of drug-likeness (QED) is 0.482. The van der Waals surface area contributed by atoms with Gasteiger partial charge in [-0.15, -0.1) is 0 Å². The lowest BCUT2D eigenvalue weighted by atomic mass is 10.2. The summed E-state index contributed by atoms with van der Waals surface area (Å²) in [6.07, 6.45) is 1.76. The summed E-state index contributed by atoms with van der Waals surface area (Å²) >= 11 is 0. The minimum atomic E-state index is -3.90. The zero-order chi connectivity index (χ0) is 23.2. The Morgan fingerprint density at radius 2 is 1.91 bits per heavy atom. The maximum absolute atomic E-state index is 14.5. The van der Waals surface area contributed by atoms with Gasteiger partial charge in [-0.05, 0) is 42.3 Å². The minimum Gasteiger partial charge on any atom is -0.319 e. The molecule has 0 saturated carbocycles. The van der Waals surface area contributed by atoms with Crippen molar-refractivity contribution >= 4 is 38.2 Å². The van der Waals surface area contributed by atoms with E-state index in [9.17, 15) is 22.4 Å². The Morgan fingerprint density at radius 3 is 2.76 bits per heavy atom. The van der Waals surface area contributed by atoms with Crippen molar-refractivity contribution in [2.75, 3.05) is 16.2 Å². The molecule has 1 amide bonds.